The van der Waals surface area contributed by atoms with Gasteiger partial charge in [0.15, 0.2) is 0 Å². The second-order valence-corrected chi connectivity index (χ2v) is 6.45. The fourth-order valence-corrected chi connectivity index (χ4v) is 3.40. The van der Waals surface area contributed by atoms with Crippen LogP contribution in [0.2, 0.25) is 5.02 Å². The maximum absolute atomic E-state index is 11.9. The number of pyridine rings is 1. The molecule has 3 heterocycles. The van der Waals surface area contributed by atoms with Gasteiger partial charge >= 0.3 is 0 Å². The minimum Gasteiger partial charge on any atom is -0.492 e. The van der Waals surface area contributed by atoms with Crippen molar-refractivity contribution in [2.45, 2.75) is 31.7 Å². The smallest absolute Gasteiger partial charge is 0.237 e. The van der Waals surface area contributed by atoms with Crippen molar-refractivity contribution in [1.29, 1.82) is 0 Å². The van der Waals surface area contributed by atoms with Gasteiger partial charge in [-0.2, -0.15) is 0 Å². The molecular weight excluding hydrogens is 302 g/mol. The van der Waals surface area contributed by atoms with Crippen LogP contribution in [0.5, 0.6) is 5.75 Å². The maximum Gasteiger partial charge on any atom is 0.237 e. The second-order valence-electron chi connectivity index (χ2n) is 6.05. The lowest BCUT2D eigenvalue weighted by atomic mass is 9.94. The standard InChI is InChI=1S/C16H22ClN3O2/c17-13-10-18-7-3-15(13)22-11-12-4-8-20(9-5-12)14-2-1-6-19-16(14)21/h3,7,10,12,14H,1-2,4-6,8-9,11H2,(H,19,21). The van der Waals surface area contributed by atoms with Crippen LogP contribution < -0.4 is 10.1 Å². The summed E-state index contributed by atoms with van der Waals surface area (Å²) in [5.41, 5.74) is 0. The van der Waals surface area contributed by atoms with Crippen LogP contribution >= 0.6 is 11.6 Å². The van der Waals surface area contributed by atoms with Gasteiger partial charge in [-0.05, 0) is 44.7 Å². The van der Waals surface area contributed by atoms with E-state index in [-0.39, 0.29) is 11.9 Å². The Kier molecular flexibility index (Phi) is 5.16. The molecule has 1 aromatic rings. The number of rotatable bonds is 4. The molecule has 1 atom stereocenters. The lowest BCUT2D eigenvalue weighted by Crippen LogP contribution is -2.52. The Morgan fingerprint density at radius 2 is 2.18 bits per heavy atom. The Hall–Kier alpha value is -1.33. The molecular formula is C16H22ClN3O2. The van der Waals surface area contributed by atoms with E-state index in [9.17, 15) is 4.79 Å². The van der Waals surface area contributed by atoms with Gasteiger partial charge in [0.05, 0.1) is 12.6 Å². The van der Waals surface area contributed by atoms with Crippen molar-refractivity contribution >= 4 is 17.5 Å². The van der Waals surface area contributed by atoms with E-state index in [1.807, 2.05) is 0 Å². The first-order chi connectivity index (χ1) is 10.7. The monoisotopic (exact) mass is 323 g/mol. The summed E-state index contributed by atoms with van der Waals surface area (Å²) < 4.78 is 5.81. The van der Waals surface area contributed by atoms with Crippen LogP contribution in [0, 0.1) is 5.92 Å². The molecule has 2 saturated heterocycles. The van der Waals surface area contributed by atoms with E-state index in [2.05, 4.69) is 15.2 Å². The number of nitrogens with one attached hydrogen (secondary N) is 1. The molecule has 2 fully saturated rings. The average Bonchev–Trinajstić information content (AvgIpc) is 2.55. The third kappa shape index (κ3) is 3.70. The van der Waals surface area contributed by atoms with Crippen LogP contribution in [-0.2, 0) is 4.79 Å². The molecule has 0 spiro atoms. The molecule has 1 aromatic heterocycles. The molecule has 2 aliphatic heterocycles. The highest BCUT2D eigenvalue weighted by Gasteiger charge is 2.31. The Morgan fingerprint density at radius 3 is 2.91 bits per heavy atom. The lowest BCUT2D eigenvalue weighted by Gasteiger charge is -2.38. The number of aromatic nitrogens is 1. The highest BCUT2D eigenvalue weighted by Crippen LogP contribution is 2.26. The summed E-state index contributed by atoms with van der Waals surface area (Å²) in [6, 6.07) is 1.87. The molecule has 2 aliphatic rings. The van der Waals surface area contributed by atoms with Crippen molar-refractivity contribution in [1.82, 2.24) is 15.2 Å². The summed E-state index contributed by atoms with van der Waals surface area (Å²) in [4.78, 5) is 18.2. The van der Waals surface area contributed by atoms with E-state index < -0.39 is 0 Å². The summed E-state index contributed by atoms with van der Waals surface area (Å²) in [5.74, 6) is 1.42. The van der Waals surface area contributed by atoms with E-state index in [0.717, 1.165) is 45.3 Å². The minimum atomic E-state index is 0.0743. The predicted molar refractivity (Wildman–Crippen MR) is 85.1 cm³/mol. The fraction of sp³-hybridized carbons (Fsp3) is 0.625. The molecule has 1 amide bonds. The number of piperidine rings is 2. The van der Waals surface area contributed by atoms with Crippen molar-refractivity contribution in [3.8, 4) is 5.75 Å². The third-order valence-electron chi connectivity index (χ3n) is 4.56. The highest BCUT2D eigenvalue weighted by molar-refractivity contribution is 6.31. The topological polar surface area (TPSA) is 54.5 Å². The van der Waals surface area contributed by atoms with Gasteiger partial charge in [-0.15, -0.1) is 0 Å². The number of carbonyl (C=O) groups is 1. The Morgan fingerprint density at radius 1 is 1.36 bits per heavy atom. The summed E-state index contributed by atoms with van der Waals surface area (Å²) in [6.45, 7) is 3.44. The highest BCUT2D eigenvalue weighted by atomic mass is 35.5. The SMILES string of the molecule is O=C1NCCCC1N1CCC(COc2ccncc2Cl)CC1. The number of likely N-dealkylation sites (tertiary alicyclic amines) is 1. The Bertz CT molecular complexity index is 518. The van der Waals surface area contributed by atoms with Crippen molar-refractivity contribution in [3.05, 3.63) is 23.5 Å². The molecule has 0 radical (unpaired) electrons. The average molecular weight is 324 g/mol. The van der Waals surface area contributed by atoms with Crippen molar-refractivity contribution in [3.63, 3.8) is 0 Å². The molecule has 0 bridgehead atoms. The molecule has 1 unspecified atom stereocenters. The van der Waals surface area contributed by atoms with Crippen LogP contribution in [0.1, 0.15) is 25.7 Å². The normalized spacial score (nSPS) is 24.0. The summed E-state index contributed by atoms with van der Waals surface area (Å²) >= 11 is 6.04. The minimum absolute atomic E-state index is 0.0743. The van der Waals surface area contributed by atoms with Crippen molar-refractivity contribution in [2.75, 3.05) is 26.2 Å². The van der Waals surface area contributed by atoms with Gasteiger partial charge < -0.3 is 10.1 Å². The largest absolute Gasteiger partial charge is 0.492 e. The van der Waals surface area contributed by atoms with E-state index in [0.29, 0.717) is 23.3 Å². The summed E-state index contributed by atoms with van der Waals surface area (Å²) in [7, 11) is 0. The Balaban J connectivity index is 1.46. The summed E-state index contributed by atoms with van der Waals surface area (Å²) in [5, 5.41) is 3.52. The molecule has 6 heteroatoms. The molecule has 0 aromatic carbocycles. The molecule has 1 N–H and O–H groups in total. The number of amides is 1. The van der Waals surface area contributed by atoms with Gasteiger partial charge in [0.1, 0.15) is 10.8 Å². The number of ether oxygens (including phenoxy) is 1. The second kappa shape index (κ2) is 7.29. The Labute approximate surface area is 136 Å². The van der Waals surface area contributed by atoms with Crippen molar-refractivity contribution in [2.24, 2.45) is 5.92 Å². The zero-order valence-electron chi connectivity index (χ0n) is 12.6. The number of nitrogens with zero attached hydrogens (tertiary/aromatic N) is 2. The molecule has 120 valence electrons. The molecule has 5 nitrogen and oxygen atoms in total. The van der Waals surface area contributed by atoms with E-state index in [1.54, 1.807) is 18.5 Å². The van der Waals surface area contributed by atoms with Gasteiger partial charge in [-0.1, -0.05) is 11.6 Å². The lowest BCUT2D eigenvalue weighted by molar-refractivity contribution is -0.128. The summed E-state index contributed by atoms with van der Waals surface area (Å²) in [6.07, 6.45) is 7.48. The van der Waals surface area contributed by atoms with Crippen LogP contribution in [0.3, 0.4) is 0 Å². The molecule has 3 rings (SSSR count). The number of halogens is 1. The zero-order chi connectivity index (χ0) is 15.4. The van der Waals surface area contributed by atoms with Gasteiger partial charge in [0.25, 0.3) is 0 Å². The van der Waals surface area contributed by atoms with Crippen LogP contribution in [0.15, 0.2) is 18.5 Å². The third-order valence-corrected chi connectivity index (χ3v) is 4.84. The van der Waals surface area contributed by atoms with Gasteiger partial charge in [-0.3, -0.25) is 14.7 Å². The molecule has 0 saturated carbocycles. The van der Waals surface area contributed by atoms with Crippen LogP contribution in [0.4, 0.5) is 0 Å². The first-order valence-electron chi connectivity index (χ1n) is 7.98. The van der Waals surface area contributed by atoms with E-state index in [1.165, 1.54) is 0 Å². The zero-order valence-corrected chi connectivity index (χ0v) is 13.4. The molecule has 22 heavy (non-hydrogen) atoms. The van der Waals surface area contributed by atoms with Gasteiger partial charge in [0, 0.05) is 25.0 Å². The van der Waals surface area contributed by atoms with E-state index in [4.69, 9.17) is 16.3 Å². The van der Waals surface area contributed by atoms with Crippen molar-refractivity contribution < 1.29 is 9.53 Å². The number of carbonyl (C=O) groups excluding carboxylic acids is 1. The molecule has 0 aliphatic carbocycles. The van der Waals surface area contributed by atoms with Crippen LogP contribution in [-0.4, -0.2) is 48.1 Å². The van der Waals surface area contributed by atoms with Gasteiger partial charge in [-0.25, -0.2) is 0 Å². The number of hydrogen-bond donors (Lipinski definition) is 1. The predicted octanol–water partition coefficient (Wildman–Crippen LogP) is 2.10. The fourth-order valence-electron chi connectivity index (χ4n) is 3.22. The van der Waals surface area contributed by atoms with Gasteiger partial charge in [0.2, 0.25) is 5.91 Å². The number of hydrogen-bond acceptors (Lipinski definition) is 4. The van der Waals surface area contributed by atoms with E-state index >= 15 is 0 Å². The first kappa shape index (κ1) is 15.6. The van der Waals surface area contributed by atoms with Crippen LogP contribution in [0.25, 0.3) is 0 Å². The first-order valence-corrected chi connectivity index (χ1v) is 8.36. The maximum atomic E-state index is 11.9. The quantitative estimate of drug-likeness (QED) is 0.922.